The number of thiol groups is 1. The van der Waals surface area contributed by atoms with E-state index in [0.717, 1.165) is 29.8 Å². The van der Waals surface area contributed by atoms with E-state index in [4.69, 9.17) is 19.3 Å². The Labute approximate surface area is 262 Å². The molecule has 1 aromatic carbocycles. The predicted octanol–water partition coefficient (Wildman–Crippen LogP) is 5.26. The number of aliphatic hydroxyl groups excluding tert-OH is 1. The minimum Gasteiger partial charge on any atom is -0.457 e. The highest BCUT2D eigenvalue weighted by molar-refractivity contribution is 7.96. The Morgan fingerprint density at radius 3 is 2.75 bits per heavy atom. The van der Waals surface area contributed by atoms with Gasteiger partial charge in [-0.25, -0.2) is 9.18 Å². The molecule has 0 amide bonds. The zero-order valence-corrected chi connectivity index (χ0v) is 26.2. The summed E-state index contributed by atoms with van der Waals surface area (Å²) in [4.78, 5) is 26.3. The number of methoxy groups -OCH3 is 1. The summed E-state index contributed by atoms with van der Waals surface area (Å²) in [5.74, 6) is -0.964. The fourth-order valence-corrected chi connectivity index (χ4v) is 9.69. The molecule has 4 N–H and O–H groups in total. The summed E-state index contributed by atoms with van der Waals surface area (Å²) >= 11 is 4.26. The van der Waals surface area contributed by atoms with Crippen LogP contribution in [0.2, 0.25) is 0 Å². The van der Waals surface area contributed by atoms with E-state index in [1.807, 2.05) is 12.2 Å². The van der Waals surface area contributed by atoms with Crippen molar-refractivity contribution in [2.24, 2.45) is 28.6 Å². The monoisotopic (exact) mass is 623 g/mol. The Bertz CT molecular complexity index is 1550. The zero-order chi connectivity index (χ0) is 31.4. The number of benzene rings is 1. The van der Waals surface area contributed by atoms with Crippen LogP contribution in [0.5, 0.6) is 0 Å². The second kappa shape index (κ2) is 11.4. The van der Waals surface area contributed by atoms with Crippen LogP contribution in [0.4, 0.5) is 10.1 Å². The number of furan rings is 1. The first-order valence-corrected chi connectivity index (χ1v) is 15.7. The van der Waals surface area contributed by atoms with E-state index < -0.39 is 28.2 Å². The summed E-state index contributed by atoms with van der Waals surface area (Å²) in [7, 11) is 1.53. The molecule has 0 spiro atoms. The first-order chi connectivity index (χ1) is 21.0. The number of carbonyl (C=O) groups excluding carboxylic acids is 2. The van der Waals surface area contributed by atoms with Crippen molar-refractivity contribution in [1.29, 1.82) is 5.41 Å². The number of esters is 1. The van der Waals surface area contributed by atoms with E-state index in [1.54, 1.807) is 18.2 Å². The number of fused-ring (bicyclic) bond motifs is 5. The Hall–Kier alpha value is -3.05. The van der Waals surface area contributed by atoms with Crippen molar-refractivity contribution in [3.8, 4) is 0 Å². The number of halogens is 1. The number of hydrogen-bond donors (Lipinski definition) is 4. The molecule has 4 aliphatic rings. The summed E-state index contributed by atoms with van der Waals surface area (Å²) in [6.45, 7) is 4.34. The van der Waals surface area contributed by atoms with Gasteiger partial charge in [0.1, 0.15) is 17.2 Å². The lowest BCUT2D eigenvalue weighted by molar-refractivity contribution is -0.513. The molecular formula is C34H40FN2O6S+. The molecular weight excluding hydrogens is 583 g/mol. The van der Waals surface area contributed by atoms with Gasteiger partial charge in [-0.1, -0.05) is 19.4 Å². The highest BCUT2D eigenvalue weighted by Gasteiger charge is 2.70. The van der Waals surface area contributed by atoms with Gasteiger partial charge in [0.25, 0.3) is 0 Å². The number of hydrogen-bond acceptors (Lipinski definition) is 7. The third-order valence-electron chi connectivity index (χ3n) is 11.2. The van der Waals surface area contributed by atoms with Crippen LogP contribution in [0, 0.1) is 39.8 Å². The number of ether oxygens (including phenoxy) is 2. The maximum absolute atomic E-state index is 14.3. The quantitative estimate of drug-likeness (QED) is 0.138. The Morgan fingerprint density at radius 1 is 1.27 bits per heavy atom. The molecule has 0 saturated heterocycles. The summed E-state index contributed by atoms with van der Waals surface area (Å²) < 4.78 is 30.7. The van der Waals surface area contributed by atoms with Crippen molar-refractivity contribution in [3.05, 3.63) is 76.7 Å². The zero-order valence-electron chi connectivity index (χ0n) is 25.3. The molecule has 10 heteroatoms. The molecule has 7 atom stereocenters. The van der Waals surface area contributed by atoms with E-state index in [-0.39, 0.29) is 41.4 Å². The smallest absolute Gasteiger partial charge is 0.375 e. The molecule has 8 nitrogen and oxygen atoms in total. The van der Waals surface area contributed by atoms with Crippen molar-refractivity contribution < 1.29 is 38.3 Å². The van der Waals surface area contributed by atoms with Crippen molar-refractivity contribution >= 4 is 35.6 Å². The van der Waals surface area contributed by atoms with Crippen LogP contribution in [0.25, 0.3) is 0 Å². The molecule has 1 aromatic heterocycles. The van der Waals surface area contributed by atoms with E-state index >= 15 is 0 Å². The molecule has 2 unspecified atom stereocenters. The summed E-state index contributed by atoms with van der Waals surface area (Å²) in [5.41, 5.74) is 1.65. The van der Waals surface area contributed by atoms with E-state index in [1.165, 1.54) is 37.3 Å². The number of nitrogens with one attached hydrogen (secondary N) is 1. The van der Waals surface area contributed by atoms with Gasteiger partial charge in [-0.05, 0) is 86.0 Å². The standard InChI is InChI=1S/C34H39FN2O6S/c1-32-15-20(17-36)26(37-22-7-9-25(35)19(13-22)18-41-3)14-21(32)6-8-23-24-10-11-34(31(40)44,33(24,2)16-27(38)29(23)32)43-30(39)28-5-4-12-42-28/h4-5,7,9,12-14,17,23-24,27,29,36-38H,6,8,10-11,15-16,18H2,1-3H3,(H,40,44)/p+1/t23-,24?,27-,29?,32-,33-,34-/m0/s1. The topological polar surface area (TPSA) is 126 Å². The lowest BCUT2D eigenvalue weighted by atomic mass is 9.45. The average molecular weight is 624 g/mol. The third-order valence-corrected chi connectivity index (χ3v) is 11.6. The fraction of sp³-hybridized carbons (Fsp3) is 0.500. The van der Waals surface area contributed by atoms with Gasteiger partial charge in [0.2, 0.25) is 10.9 Å². The Morgan fingerprint density at radius 2 is 2.07 bits per heavy atom. The molecule has 0 aliphatic heterocycles. The van der Waals surface area contributed by atoms with Crippen LogP contribution in [0.15, 0.2) is 63.9 Å². The van der Waals surface area contributed by atoms with Gasteiger partial charge in [0.05, 0.1) is 19.0 Å². The van der Waals surface area contributed by atoms with Crippen molar-refractivity contribution in [3.63, 3.8) is 0 Å². The first-order valence-electron chi connectivity index (χ1n) is 15.2. The van der Waals surface area contributed by atoms with Gasteiger partial charge in [0, 0.05) is 42.0 Å². The maximum atomic E-state index is 14.3. The predicted molar refractivity (Wildman–Crippen MR) is 164 cm³/mol. The molecule has 2 aromatic rings. The molecule has 44 heavy (non-hydrogen) atoms. The van der Waals surface area contributed by atoms with Gasteiger partial charge in [-0.15, -0.1) is 12.6 Å². The van der Waals surface area contributed by atoms with Crippen LogP contribution >= 0.6 is 12.6 Å². The van der Waals surface area contributed by atoms with Gasteiger partial charge in [-0.3, -0.25) is 10.1 Å². The van der Waals surface area contributed by atoms with Crippen LogP contribution in [-0.2, 0) is 20.9 Å². The highest BCUT2D eigenvalue weighted by atomic mass is 32.1. The first kappa shape index (κ1) is 31.0. The normalized spacial score (nSPS) is 34.5. The number of aliphatic hydroxyl groups is 1. The SMILES string of the molecule is COCc1cc([NH2+]C2=C(C=N)C[C@@]3(C)C(=C2)CC[C@@H]2C3[C@@H](O)C[C@@]3(C)C2CC[C@]3(OC(=O)c2ccco2)C(=O)S)ccc1F. The molecule has 234 valence electrons. The summed E-state index contributed by atoms with van der Waals surface area (Å²) in [6.07, 6.45) is 7.71. The molecule has 3 fully saturated rings. The van der Waals surface area contributed by atoms with E-state index in [2.05, 4.69) is 25.6 Å². The van der Waals surface area contributed by atoms with E-state index in [0.29, 0.717) is 31.2 Å². The molecule has 0 radical (unpaired) electrons. The van der Waals surface area contributed by atoms with E-state index in [9.17, 15) is 19.1 Å². The van der Waals surface area contributed by atoms with Gasteiger partial charge >= 0.3 is 5.97 Å². The minimum absolute atomic E-state index is 0.0246. The molecule has 3 saturated carbocycles. The molecule has 4 aliphatic carbocycles. The van der Waals surface area contributed by atoms with Crippen LogP contribution in [0.3, 0.4) is 0 Å². The van der Waals surface area contributed by atoms with Crippen molar-refractivity contribution in [1.82, 2.24) is 0 Å². The number of quaternary nitrogens is 1. The highest BCUT2D eigenvalue weighted by Crippen LogP contribution is 2.68. The number of carbonyl (C=O) groups is 2. The average Bonchev–Trinajstić information content (AvgIpc) is 3.62. The maximum Gasteiger partial charge on any atom is 0.375 e. The fourth-order valence-electron chi connectivity index (χ4n) is 9.27. The van der Waals surface area contributed by atoms with Gasteiger partial charge in [-0.2, -0.15) is 0 Å². The lowest BCUT2D eigenvalue weighted by Crippen LogP contribution is -2.76. The molecule has 6 rings (SSSR count). The van der Waals surface area contributed by atoms with Crippen LogP contribution in [0.1, 0.15) is 68.5 Å². The number of rotatable bonds is 8. The second-order valence-electron chi connectivity index (χ2n) is 13.4. The largest absolute Gasteiger partial charge is 0.457 e. The summed E-state index contributed by atoms with van der Waals surface area (Å²) in [5, 5.41) is 21.8. The Kier molecular flexibility index (Phi) is 8.01. The second-order valence-corrected chi connectivity index (χ2v) is 13.8. The van der Waals surface area contributed by atoms with Gasteiger partial charge < -0.3 is 24.4 Å². The molecule has 0 bridgehead atoms. The van der Waals surface area contributed by atoms with Crippen molar-refractivity contribution in [2.45, 2.75) is 70.7 Å². The van der Waals surface area contributed by atoms with Crippen LogP contribution in [-0.4, -0.2) is 41.2 Å². The minimum atomic E-state index is -1.47. The number of nitrogens with two attached hydrogens (primary N) is 1. The lowest BCUT2D eigenvalue weighted by Gasteiger charge is -2.60. The third kappa shape index (κ3) is 4.73. The summed E-state index contributed by atoms with van der Waals surface area (Å²) in [6, 6.07) is 8.04. The Balaban J connectivity index is 1.30. The van der Waals surface area contributed by atoms with Gasteiger partial charge in [0.15, 0.2) is 5.60 Å². The molecule has 1 heterocycles. The number of allylic oxidation sites excluding steroid dienone is 3. The van der Waals surface area contributed by atoms with Crippen LogP contribution < -0.4 is 5.32 Å². The van der Waals surface area contributed by atoms with Crippen molar-refractivity contribution in [2.75, 3.05) is 7.11 Å².